The Morgan fingerprint density at radius 3 is 2.28 bits per heavy atom. The Hall–Kier alpha value is -0.0800. The molecular weight excluding hydrogens is 220 g/mol. The van der Waals surface area contributed by atoms with Gasteiger partial charge in [-0.3, -0.25) is 0 Å². The van der Waals surface area contributed by atoms with Gasteiger partial charge in [0.1, 0.15) is 0 Å². The van der Waals surface area contributed by atoms with Gasteiger partial charge in [-0.25, -0.2) is 0 Å². The van der Waals surface area contributed by atoms with Crippen LogP contribution in [0.2, 0.25) is 0 Å². The van der Waals surface area contributed by atoms with E-state index in [1.54, 1.807) is 0 Å². The zero-order valence-corrected chi connectivity index (χ0v) is 12.6. The Labute approximate surface area is 113 Å². The van der Waals surface area contributed by atoms with E-state index in [1.165, 1.54) is 58.2 Å². The van der Waals surface area contributed by atoms with Crippen molar-refractivity contribution in [3.8, 4) is 0 Å². The normalized spacial score (nSPS) is 38.3. The molecule has 0 radical (unpaired) electrons. The number of rotatable bonds is 2. The second kappa shape index (κ2) is 5.92. The van der Waals surface area contributed by atoms with Crippen LogP contribution in [-0.4, -0.2) is 30.6 Å². The summed E-state index contributed by atoms with van der Waals surface area (Å²) in [5.74, 6) is 1.49. The monoisotopic (exact) mass is 252 g/mol. The van der Waals surface area contributed by atoms with E-state index in [1.807, 2.05) is 0 Å². The number of hydrogen-bond acceptors (Lipinski definition) is 2. The molecule has 1 heterocycles. The largest absolute Gasteiger partial charge is 0.327 e. The third-order valence-electron chi connectivity index (χ3n) is 5.89. The van der Waals surface area contributed by atoms with Gasteiger partial charge in [-0.05, 0) is 56.0 Å². The van der Waals surface area contributed by atoms with Crippen molar-refractivity contribution in [2.24, 2.45) is 23.0 Å². The van der Waals surface area contributed by atoms with Crippen LogP contribution in [0, 0.1) is 17.3 Å². The fraction of sp³-hybridized carbons (Fsp3) is 1.00. The molecule has 0 aromatic carbocycles. The molecule has 2 rings (SSSR count). The van der Waals surface area contributed by atoms with E-state index < -0.39 is 0 Å². The number of nitrogens with zero attached hydrogens (tertiary/aromatic N) is 1. The van der Waals surface area contributed by atoms with Crippen LogP contribution < -0.4 is 5.73 Å². The molecule has 106 valence electrons. The summed E-state index contributed by atoms with van der Waals surface area (Å²) in [6.45, 7) is 11.2. The second-order valence-electron chi connectivity index (χ2n) is 7.26. The van der Waals surface area contributed by atoms with Gasteiger partial charge < -0.3 is 10.6 Å². The van der Waals surface area contributed by atoms with Gasteiger partial charge >= 0.3 is 0 Å². The van der Waals surface area contributed by atoms with E-state index in [0.29, 0.717) is 17.4 Å². The first-order valence-corrected chi connectivity index (χ1v) is 7.99. The molecule has 1 saturated carbocycles. The Morgan fingerprint density at radius 1 is 1.06 bits per heavy atom. The summed E-state index contributed by atoms with van der Waals surface area (Å²) in [4.78, 5) is 2.73. The van der Waals surface area contributed by atoms with Gasteiger partial charge in [-0.15, -0.1) is 0 Å². The molecule has 2 N–H and O–H groups in total. The van der Waals surface area contributed by atoms with Crippen LogP contribution in [0.3, 0.4) is 0 Å². The van der Waals surface area contributed by atoms with Crippen molar-refractivity contribution < 1.29 is 0 Å². The third-order valence-corrected chi connectivity index (χ3v) is 5.89. The van der Waals surface area contributed by atoms with Crippen LogP contribution in [-0.2, 0) is 0 Å². The van der Waals surface area contributed by atoms with Crippen molar-refractivity contribution in [1.29, 1.82) is 0 Å². The Bertz CT molecular complexity index is 254. The first-order valence-electron chi connectivity index (χ1n) is 7.99. The van der Waals surface area contributed by atoms with Crippen LogP contribution in [0.15, 0.2) is 0 Å². The molecule has 1 aliphatic carbocycles. The predicted octanol–water partition coefficient (Wildman–Crippen LogP) is 3.26. The van der Waals surface area contributed by atoms with Crippen molar-refractivity contribution in [2.45, 2.75) is 65.3 Å². The first-order chi connectivity index (χ1) is 8.51. The molecule has 2 heteroatoms. The van der Waals surface area contributed by atoms with E-state index >= 15 is 0 Å². The molecule has 0 aromatic rings. The number of likely N-dealkylation sites (tertiary alicyclic amines) is 1. The lowest BCUT2D eigenvalue weighted by Crippen LogP contribution is -2.50. The Morgan fingerprint density at radius 2 is 1.67 bits per heavy atom. The van der Waals surface area contributed by atoms with E-state index in [9.17, 15) is 0 Å². The topological polar surface area (TPSA) is 29.3 Å². The lowest BCUT2D eigenvalue weighted by molar-refractivity contribution is 0.0293. The fourth-order valence-corrected chi connectivity index (χ4v) is 3.90. The van der Waals surface area contributed by atoms with E-state index in [-0.39, 0.29) is 0 Å². The quantitative estimate of drug-likeness (QED) is 0.817. The van der Waals surface area contributed by atoms with Gasteiger partial charge in [0.2, 0.25) is 0 Å². The second-order valence-corrected chi connectivity index (χ2v) is 7.26. The lowest BCUT2D eigenvalue weighted by Gasteiger charge is -2.48. The highest BCUT2D eigenvalue weighted by molar-refractivity contribution is 4.94. The van der Waals surface area contributed by atoms with Gasteiger partial charge in [0.25, 0.3) is 0 Å². The average Bonchev–Trinajstić information content (AvgIpc) is 2.59. The molecule has 3 unspecified atom stereocenters. The predicted molar refractivity (Wildman–Crippen MR) is 78.6 cm³/mol. The highest BCUT2D eigenvalue weighted by Gasteiger charge is 2.41. The molecule has 0 bridgehead atoms. The van der Waals surface area contributed by atoms with Crippen molar-refractivity contribution in [3.63, 3.8) is 0 Å². The van der Waals surface area contributed by atoms with Crippen LogP contribution >= 0.6 is 0 Å². The minimum absolute atomic E-state index is 0.407. The summed E-state index contributed by atoms with van der Waals surface area (Å²) in [6, 6.07) is 0.417. The average molecular weight is 252 g/mol. The van der Waals surface area contributed by atoms with Crippen LogP contribution in [0.25, 0.3) is 0 Å². The minimum atomic E-state index is 0.407. The SMILES string of the molecule is CC1C(N)CCC(CN2CCCCCC2)C1(C)C. The molecule has 2 aliphatic rings. The molecule has 2 nitrogen and oxygen atoms in total. The lowest BCUT2D eigenvalue weighted by atomic mass is 9.61. The summed E-state index contributed by atoms with van der Waals surface area (Å²) in [5, 5.41) is 0. The number of hydrogen-bond donors (Lipinski definition) is 1. The van der Waals surface area contributed by atoms with Crippen molar-refractivity contribution in [3.05, 3.63) is 0 Å². The highest BCUT2D eigenvalue weighted by Crippen LogP contribution is 2.44. The van der Waals surface area contributed by atoms with Crippen LogP contribution in [0.1, 0.15) is 59.3 Å². The maximum absolute atomic E-state index is 6.26. The summed E-state index contributed by atoms with van der Waals surface area (Å²) >= 11 is 0. The van der Waals surface area contributed by atoms with E-state index in [0.717, 1.165) is 5.92 Å². The van der Waals surface area contributed by atoms with Crippen molar-refractivity contribution in [1.82, 2.24) is 4.90 Å². The van der Waals surface area contributed by atoms with Gasteiger partial charge in [-0.2, -0.15) is 0 Å². The first kappa shape index (κ1) is 14.3. The zero-order chi connectivity index (χ0) is 13.2. The Kier molecular flexibility index (Phi) is 4.71. The summed E-state index contributed by atoms with van der Waals surface area (Å²) in [6.07, 6.45) is 8.24. The Balaban J connectivity index is 1.95. The molecular formula is C16H32N2. The fourth-order valence-electron chi connectivity index (χ4n) is 3.90. The zero-order valence-electron chi connectivity index (χ0n) is 12.6. The van der Waals surface area contributed by atoms with E-state index in [2.05, 4.69) is 25.7 Å². The van der Waals surface area contributed by atoms with Gasteiger partial charge in [0.05, 0.1) is 0 Å². The van der Waals surface area contributed by atoms with Gasteiger partial charge in [0.15, 0.2) is 0 Å². The van der Waals surface area contributed by atoms with Crippen LogP contribution in [0.4, 0.5) is 0 Å². The van der Waals surface area contributed by atoms with E-state index in [4.69, 9.17) is 5.73 Å². The van der Waals surface area contributed by atoms with Crippen molar-refractivity contribution in [2.75, 3.05) is 19.6 Å². The molecule has 3 atom stereocenters. The van der Waals surface area contributed by atoms with Crippen LogP contribution in [0.5, 0.6) is 0 Å². The summed E-state index contributed by atoms with van der Waals surface area (Å²) < 4.78 is 0. The molecule has 2 fully saturated rings. The van der Waals surface area contributed by atoms with Gasteiger partial charge in [0, 0.05) is 12.6 Å². The summed E-state index contributed by atoms with van der Waals surface area (Å²) in [7, 11) is 0. The standard InChI is InChI=1S/C16H32N2/c1-13-15(17)9-8-14(16(13,2)3)12-18-10-6-4-5-7-11-18/h13-15H,4-12,17H2,1-3H3. The molecule has 0 aromatic heterocycles. The highest BCUT2D eigenvalue weighted by atomic mass is 15.1. The summed E-state index contributed by atoms with van der Waals surface area (Å²) in [5.41, 5.74) is 6.67. The van der Waals surface area contributed by atoms with Gasteiger partial charge in [-0.1, -0.05) is 33.6 Å². The molecule has 1 saturated heterocycles. The molecule has 1 aliphatic heterocycles. The maximum Gasteiger partial charge on any atom is 0.00698 e. The molecule has 0 spiro atoms. The maximum atomic E-state index is 6.26. The number of nitrogens with two attached hydrogens (primary N) is 1. The third kappa shape index (κ3) is 3.08. The smallest absolute Gasteiger partial charge is 0.00698 e. The molecule has 18 heavy (non-hydrogen) atoms. The minimum Gasteiger partial charge on any atom is -0.327 e. The molecule has 0 amide bonds. The van der Waals surface area contributed by atoms with Crippen molar-refractivity contribution >= 4 is 0 Å².